The highest BCUT2D eigenvalue weighted by Gasteiger charge is 2.30. The van der Waals surface area contributed by atoms with E-state index in [1.807, 2.05) is 19.1 Å². The standard InChI is InChI=1S/C19H20N2O5S/c1-14-2-4-15(5-3-14)18(22)20-10-12-21(13-11-20)27(25,26)17-8-6-16(7-9-17)19(23)24/h2-9H,10-13H2,1H3,(H,23,24). The number of hydrogen-bond donors (Lipinski definition) is 1. The topological polar surface area (TPSA) is 95.0 Å². The molecule has 1 saturated heterocycles. The molecule has 1 amide bonds. The zero-order valence-electron chi connectivity index (χ0n) is 14.8. The molecule has 8 heteroatoms. The highest BCUT2D eigenvalue weighted by atomic mass is 32.2. The second-order valence-electron chi connectivity index (χ2n) is 6.39. The number of carbonyl (C=O) groups is 2. The van der Waals surface area contributed by atoms with Crippen LogP contribution in [0.3, 0.4) is 0 Å². The fourth-order valence-electron chi connectivity index (χ4n) is 2.93. The summed E-state index contributed by atoms with van der Waals surface area (Å²) in [5.74, 6) is -1.22. The Morgan fingerprint density at radius 3 is 1.89 bits per heavy atom. The Morgan fingerprint density at radius 1 is 0.852 bits per heavy atom. The van der Waals surface area contributed by atoms with Crippen molar-refractivity contribution in [3.8, 4) is 0 Å². The van der Waals surface area contributed by atoms with Gasteiger partial charge in [0.15, 0.2) is 0 Å². The molecule has 2 aromatic carbocycles. The first-order chi connectivity index (χ1) is 12.8. The summed E-state index contributed by atoms with van der Waals surface area (Å²) < 4.78 is 26.8. The van der Waals surface area contributed by atoms with E-state index in [1.54, 1.807) is 17.0 Å². The Kier molecular flexibility index (Phi) is 5.29. The number of carboxylic acid groups (broad SMARTS) is 1. The number of piperazine rings is 1. The first-order valence-corrected chi connectivity index (χ1v) is 9.92. The van der Waals surface area contributed by atoms with Crippen LogP contribution in [0, 0.1) is 6.92 Å². The van der Waals surface area contributed by atoms with Gasteiger partial charge < -0.3 is 10.0 Å². The predicted octanol–water partition coefficient (Wildman–Crippen LogP) is 1.84. The third-order valence-electron chi connectivity index (χ3n) is 4.56. The average Bonchev–Trinajstić information content (AvgIpc) is 2.68. The Labute approximate surface area is 157 Å². The quantitative estimate of drug-likeness (QED) is 0.862. The van der Waals surface area contributed by atoms with E-state index in [9.17, 15) is 18.0 Å². The number of sulfonamides is 1. The molecule has 1 aliphatic rings. The number of rotatable bonds is 4. The molecule has 0 saturated carbocycles. The van der Waals surface area contributed by atoms with E-state index in [-0.39, 0.29) is 29.5 Å². The van der Waals surface area contributed by atoms with E-state index >= 15 is 0 Å². The van der Waals surface area contributed by atoms with Crippen molar-refractivity contribution in [3.05, 3.63) is 65.2 Å². The molecule has 3 rings (SSSR count). The second-order valence-corrected chi connectivity index (χ2v) is 8.33. The van der Waals surface area contributed by atoms with Gasteiger partial charge in [-0.05, 0) is 43.3 Å². The Morgan fingerprint density at radius 2 is 1.37 bits per heavy atom. The molecule has 0 radical (unpaired) electrons. The monoisotopic (exact) mass is 388 g/mol. The highest BCUT2D eigenvalue weighted by Crippen LogP contribution is 2.19. The lowest BCUT2D eigenvalue weighted by Gasteiger charge is -2.34. The molecule has 27 heavy (non-hydrogen) atoms. The third kappa shape index (κ3) is 4.01. The summed E-state index contributed by atoms with van der Waals surface area (Å²) in [7, 11) is -3.72. The van der Waals surface area contributed by atoms with Crippen molar-refractivity contribution in [1.82, 2.24) is 9.21 Å². The lowest BCUT2D eigenvalue weighted by molar-refractivity contribution is 0.0690. The van der Waals surface area contributed by atoms with Crippen LogP contribution < -0.4 is 0 Å². The van der Waals surface area contributed by atoms with Gasteiger partial charge in [-0.2, -0.15) is 4.31 Å². The number of aryl methyl sites for hydroxylation is 1. The molecule has 0 aromatic heterocycles. The van der Waals surface area contributed by atoms with Gasteiger partial charge in [0.25, 0.3) is 5.91 Å². The normalized spacial score (nSPS) is 15.5. The minimum Gasteiger partial charge on any atom is -0.478 e. The molecule has 1 aliphatic heterocycles. The number of hydrogen-bond acceptors (Lipinski definition) is 4. The smallest absolute Gasteiger partial charge is 0.335 e. The van der Waals surface area contributed by atoms with Gasteiger partial charge in [0.05, 0.1) is 10.5 Å². The number of amides is 1. The number of carboxylic acids is 1. The van der Waals surface area contributed by atoms with E-state index in [0.29, 0.717) is 18.7 Å². The molecule has 1 heterocycles. The summed E-state index contributed by atoms with van der Waals surface area (Å²) in [6.45, 7) is 2.94. The molecule has 142 valence electrons. The Bertz CT molecular complexity index is 945. The highest BCUT2D eigenvalue weighted by molar-refractivity contribution is 7.89. The molecule has 0 unspecified atom stereocenters. The van der Waals surface area contributed by atoms with Crippen LogP contribution in [0.1, 0.15) is 26.3 Å². The van der Waals surface area contributed by atoms with Crippen molar-refractivity contribution < 1.29 is 23.1 Å². The summed E-state index contributed by atoms with van der Waals surface area (Å²) in [5.41, 5.74) is 1.68. The van der Waals surface area contributed by atoms with Crippen LogP contribution >= 0.6 is 0 Å². The van der Waals surface area contributed by atoms with Gasteiger partial charge in [-0.1, -0.05) is 17.7 Å². The third-order valence-corrected chi connectivity index (χ3v) is 6.48. The maximum absolute atomic E-state index is 12.7. The van der Waals surface area contributed by atoms with Crippen LogP contribution in [0.25, 0.3) is 0 Å². The number of carbonyl (C=O) groups excluding carboxylic acids is 1. The maximum atomic E-state index is 12.7. The second kappa shape index (κ2) is 7.50. The summed E-state index contributed by atoms with van der Waals surface area (Å²) in [5, 5.41) is 8.92. The summed E-state index contributed by atoms with van der Waals surface area (Å²) >= 11 is 0. The Balaban J connectivity index is 1.68. The zero-order valence-corrected chi connectivity index (χ0v) is 15.6. The van der Waals surface area contributed by atoms with Crippen molar-refractivity contribution in [2.24, 2.45) is 0 Å². The maximum Gasteiger partial charge on any atom is 0.335 e. The van der Waals surface area contributed by atoms with E-state index in [4.69, 9.17) is 5.11 Å². The summed E-state index contributed by atoms with van der Waals surface area (Å²) in [4.78, 5) is 25.1. The van der Waals surface area contributed by atoms with Gasteiger partial charge >= 0.3 is 5.97 Å². The van der Waals surface area contributed by atoms with Gasteiger partial charge in [0.2, 0.25) is 10.0 Å². The van der Waals surface area contributed by atoms with E-state index < -0.39 is 16.0 Å². The van der Waals surface area contributed by atoms with Crippen LogP contribution in [0.5, 0.6) is 0 Å². The lowest BCUT2D eigenvalue weighted by Crippen LogP contribution is -2.50. The largest absolute Gasteiger partial charge is 0.478 e. The fraction of sp³-hybridized carbons (Fsp3) is 0.263. The molecule has 1 fully saturated rings. The van der Waals surface area contributed by atoms with Gasteiger partial charge in [-0.3, -0.25) is 4.79 Å². The Hall–Kier alpha value is -2.71. The molecule has 0 spiro atoms. The molecule has 0 aliphatic carbocycles. The predicted molar refractivity (Wildman–Crippen MR) is 99.2 cm³/mol. The van der Waals surface area contributed by atoms with Crippen molar-refractivity contribution in [2.75, 3.05) is 26.2 Å². The van der Waals surface area contributed by atoms with Crippen LogP contribution in [-0.2, 0) is 10.0 Å². The van der Waals surface area contributed by atoms with Crippen LogP contribution in [0.4, 0.5) is 0 Å². The first kappa shape index (κ1) is 19.1. The SMILES string of the molecule is Cc1ccc(C(=O)N2CCN(S(=O)(=O)c3ccc(C(=O)O)cc3)CC2)cc1. The molecular formula is C19H20N2O5S. The minimum absolute atomic E-state index is 0.0301. The summed E-state index contributed by atoms with van der Waals surface area (Å²) in [6, 6.07) is 12.4. The van der Waals surface area contributed by atoms with Crippen LogP contribution in [-0.4, -0.2) is 60.8 Å². The van der Waals surface area contributed by atoms with Crippen molar-refractivity contribution in [2.45, 2.75) is 11.8 Å². The van der Waals surface area contributed by atoms with E-state index in [1.165, 1.54) is 28.6 Å². The molecular weight excluding hydrogens is 368 g/mol. The van der Waals surface area contributed by atoms with Gasteiger partial charge in [0, 0.05) is 31.7 Å². The molecule has 2 aromatic rings. The molecule has 7 nitrogen and oxygen atoms in total. The van der Waals surface area contributed by atoms with Crippen molar-refractivity contribution >= 4 is 21.9 Å². The number of nitrogens with zero attached hydrogens (tertiary/aromatic N) is 2. The lowest BCUT2D eigenvalue weighted by atomic mass is 10.1. The van der Waals surface area contributed by atoms with E-state index in [0.717, 1.165) is 5.56 Å². The van der Waals surface area contributed by atoms with Crippen LogP contribution in [0.15, 0.2) is 53.4 Å². The first-order valence-electron chi connectivity index (χ1n) is 8.48. The van der Waals surface area contributed by atoms with Crippen LogP contribution in [0.2, 0.25) is 0 Å². The molecule has 0 bridgehead atoms. The number of benzene rings is 2. The molecule has 0 atom stereocenters. The number of aromatic carboxylic acids is 1. The van der Waals surface area contributed by atoms with Gasteiger partial charge in [0.1, 0.15) is 0 Å². The minimum atomic E-state index is -3.72. The fourth-order valence-corrected chi connectivity index (χ4v) is 4.35. The van der Waals surface area contributed by atoms with Crippen molar-refractivity contribution in [3.63, 3.8) is 0 Å². The van der Waals surface area contributed by atoms with Crippen molar-refractivity contribution in [1.29, 1.82) is 0 Å². The zero-order chi connectivity index (χ0) is 19.6. The molecule has 1 N–H and O–H groups in total. The van der Waals surface area contributed by atoms with E-state index in [2.05, 4.69) is 0 Å². The van der Waals surface area contributed by atoms with Gasteiger partial charge in [-0.25, -0.2) is 13.2 Å². The average molecular weight is 388 g/mol. The summed E-state index contributed by atoms with van der Waals surface area (Å²) in [6.07, 6.45) is 0. The van der Waals surface area contributed by atoms with Gasteiger partial charge in [-0.15, -0.1) is 0 Å².